The van der Waals surface area contributed by atoms with E-state index in [0.29, 0.717) is 23.4 Å². The second-order valence-corrected chi connectivity index (χ2v) is 4.92. The molecule has 3 heteroatoms. The van der Waals surface area contributed by atoms with Gasteiger partial charge in [0.05, 0.1) is 0 Å². The minimum absolute atomic E-state index is 0.110. The van der Waals surface area contributed by atoms with Crippen molar-refractivity contribution in [3.05, 3.63) is 34.6 Å². The Bertz CT molecular complexity index is 316. The topological polar surface area (TPSA) is 20.2 Å². The van der Waals surface area contributed by atoms with Crippen LogP contribution in [0, 0.1) is 11.2 Å². The van der Waals surface area contributed by atoms with E-state index in [-0.39, 0.29) is 17.8 Å². The Morgan fingerprint density at radius 2 is 2.07 bits per heavy atom. The molecule has 0 amide bonds. The van der Waals surface area contributed by atoms with E-state index >= 15 is 0 Å². The van der Waals surface area contributed by atoms with Crippen LogP contribution in [0.15, 0.2) is 18.2 Å². The highest BCUT2D eigenvalue weighted by molar-refractivity contribution is 6.31. The molecule has 0 unspecified atom stereocenters. The van der Waals surface area contributed by atoms with Gasteiger partial charge in [0.1, 0.15) is 5.82 Å². The maximum atomic E-state index is 13.5. The molecule has 0 aromatic heterocycles. The van der Waals surface area contributed by atoms with Crippen molar-refractivity contribution in [2.45, 2.75) is 26.7 Å². The predicted octanol–water partition coefficient (Wildman–Crippen LogP) is 3.43. The Labute approximate surface area is 94.9 Å². The first-order valence-corrected chi connectivity index (χ1v) is 5.38. The standard InChI is InChI=1S/C12H16ClFO/c1-12(2,6-7-15)8-9-10(13)4-3-5-11(9)14/h3-5,15H,6-8H2,1-2H3. The average molecular weight is 231 g/mol. The molecule has 0 bridgehead atoms. The van der Waals surface area contributed by atoms with Crippen LogP contribution in [-0.4, -0.2) is 11.7 Å². The van der Waals surface area contributed by atoms with E-state index in [1.165, 1.54) is 6.07 Å². The molecule has 0 aliphatic heterocycles. The van der Waals surface area contributed by atoms with Gasteiger partial charge in [-0.05, 0) is 30.4 Å². The molecular weight excluding hydrogens is 215 g/mol. The van der Waals surface area contributed by atoms with Gasteiger partial charge in [-0.3, -0.25) is 0 Å². The van der Waals surface area contributed by atoms with Crippen LogP contribution in [0.25, 0.3) is 0 Å². The Morgan fingerprint density at radius 3 is 2.60 bits per heavy atom. The Hall–Kier alpha value is -0.600. The van der Waals surface area contributed by atoms with Crippen molar-refractivity contribution in [2.24, 2.45) is 5.41 Å². The zero-order valence-corrected chi connectivity index (χ0v) is 9.81. The Morgan fingerprint density at radius 1 is 1.40 bits per heavy atom. The maximum Gasteiger partial charge on any atom is 0.127 e. The van der Waals surface area contributed by atoms with Crippen molar-refractivity contribution < 1.29 is 9.50 Å². The van der Waals surface area contributed by atoms with Crippen LogP contribution >= 0.6 is 11.6 Å². The van der Waals surface area contributed by atoms with Crippen LogP contribution in [0.1, 0.15) is 25.8 Å². The minimum Gasteiger partial charge on any atom is -0.396 e. The summed E-state index contributed by atoms with van der Waals surface area (Å²) in [6.07, 6.45) is 1.18. The fourth-order valence-electron chi connectivity index (χ4n) is 1.57. The second kappa shape index (κ2) is 4.95. The summed E-state index contributed by atoms with van der Waals surface area (Å²) >= 11 is 5.93. The fraction of sp³-hybridized carbons (Fsp3) is 0.500. The normalized spacial score (nSPS) is 11.8. The third kappa shape index (κ3) is 3.47. The molecule has 1 rings (SSSR count). The first kappa shape index (κ1) is 12.5. The molecule has 1 aromatic rings. The van der Waals surface area contributed by atoms with Crippen molar-refractivity contribution in [1.29, 1.82) is 0 Å². The van der Waals surface area contributed by atoms with Crippen molar-refractivity contribution in [2.75, 3.05) is 6.61 Å². The van der Waals surface area contributed by atoms with Gasteiger partial charge in [0.2, 0.25) is 0 Å². The first-order valence-electron chi connectivity index (χ1n) is 5.00. The number of aliphatic hydroxyl groups excluding tert-OH is 1. The first-order chi connectivity index (χ1) is 6.96. The van der Waals surface area contributed by atoms with Crippen LogP contribution < -0.4 is 0 Å². The van der Waals surface area contributed by atoms with Gasteiger partial charge in [-0.1, -0.05) is 31.5 Å². The summed E-state index contributed by atoms with van der Waals surface area (Å²) < 4.78 is 13.5. The zero-order chi connectivity index (χ0) is 11.5. The second-order valence-electron chi connectivity index (χ2n) is 4.51. The van der Waals surface area contributed by atoms with E-state index in [4.69, 9.17) is 16.7 Å². The summed E-state index contributed by atoms with van der Waals surface area (Å²) in [4.78, 5) is 0. The highest BCUT2D eigenvalue weighted by Gasteiger charge is 2.21. The highest BCUT2D eigenvalue weighted by atomic mass is 35.5. The molecule has 0 spiro atoms. The van der Waals surface area contributed by atoms with Gasteiger partial charge in [0, 0.05) is 17.2 Å². The largest absolute Gasteiger partial charge is 0.396 e. The molecule has 1 aromatic carbocycles. The third-order valence-electron chi connectivity index (χ3n) is 2.51. The smallest absolute Gasteiger partial charge is 0.127 e. The molecule has 0 heterocycles. The third-order valence-corrected chi connectivity index (χ3v) is 2.86. The summed E-state index contributed by atoms with van der Waals surface area (Å²) in [6, 6.07) is 4.70. The van der Waals surface area contributed by atoms with Crippen LogP contribution in [-0.2, 0) is 6.42 Å². The predicted molar refractivity (Wildman–Crippen MR) is 60.6 cm³/mol. The number of benzene rings is 1. The fourth-order valence-corrected chi connectivity index (χ4v) is 1.80. The Balaban J connectivity index is 2.89. The van der Waals surface area contributed by atoms with Crippen molar-refractivity contribution in [3.8, 4) is 0 Å². The van der Waals surface area contributed by atoms with E-state index in [1.54, 1.807) is 12.1 Å². The lowest BCUT2D eigenvalue weighted by atomic mass is 9.83. The summed E-state index contributed by atoms with van der Waals surface area (Å²) in [6.45, 7) is 4.09. The number of aliphatic hydroxyl groups is 1. The van der Waals surface area contributed by atoms with E-state index in [9.17, 15) is 4.39 Å². The van der Waals surface area contributed by atoms with Gasteiger partial charge in [-0.15, -0.1) is 0 Å². The van der Waals surface area contributed by atoms with Gasteiger partial charge in [-0.25, -0.2) is 4.39 Å². The van der Waals surface area contributed by atoms with Crippen molar-refractivity contribution in [3.63, 3.8) is 0 Å². The highest BCUT2D eigenvalue weighted by Crippen LogP contribution is 2.30. The summed E-state index contributed by atoms with van der Waals surface area (Å²) in [7, 11) is 0. The molecule has 1 nitrogen and oxygen atoms in total. The van der Waals surface area contributed by atoms with E-state index in [0.717, 1.165) is 0 Å². The lowest BCUT2D eigenvalue weighted by Gasteiger charge is -2.24. The Kier molecular flexibility index (Phi) is 4.12. The quantitative estimate of drug-likeness (QED) is 0.840. The van der Waals surface area contributed by atoms with Gasteiger partial charge in [0.25, 0.3) is 0 Å². The molecule has 0 saturated heterocycles. The van der Waals surface area contributed by atoms with Crippen LogP contribution in [0.4, 0.5) is 4.39 Å². The molecule has 1 N–H and O–H groups in total. The van der Waals surface area contributed by atoms with E-state index < -0.39 is 0 Å². The van der Waals surface area contributed by atoms with E-state index in [1.807, 2.05) is 13.8 Å². The average Bonchev–Trinajstić information content (AvgIpc) is 2.11. The van der Waals surface area contributed by atoms with Crippen LogP contribution in [0.5, 0.6) is 0 Å². The van der Waals surface area contributed by atoms with Gasteiger partial charge in [0.15, 0.2) is 0 Å². The van der Waals surface area contributed by atoms with Crippen molar-refractivity contribution in [1.82, 2.24) is 0 Å². The van der Waals surface area contributed by atoms with Crippen LogP contribution in [0.3, 0.4) is 0 Å². The summed E-state index contributed by atoms with van der Waals surface area (Å²) in [5.74, 6) is -0.270. The lowest BCUT2D eigenvalue weighted by molar-refractivity contribution is 0.210. The number of hydrogen-bond donors (Lipinski definition) is 1. The van der Waals surface area contributed by atoms with Gasteiger partial charge < -0.3 is 5.11 Å². The lowest BCUT2D eigenvalue weighted by Crippen LogP contribution is -2.17. The monoisotopic (exact) mass is 230 g/mol. The molecule has 0 radical (unpaired) electrons. The molecular formula is C12H16ClFO. The molecule has 0 atom stereocenters. The molecule has 15 heavy (non-hydrogen) atoms. The van der Waals surface area contributed by atoms with Crippen LogP contribution in [0.2, 0.25) is 5.02 Å². The minimum atomic E-state index is -0.270. The summed E-state index contributed by atoms with van der Waals surface area (Å²) in [5.41, 5.74) is 0.401. The molecule has 84 valence electrons. The van der Waals surface area contributed by atoms with E-state index in [2.05, 4.69) is 0 Å². The maximum absolute atomic E-state index is 13.5. The SMILES string of the molecule is CC(C)(CCO)Cc1c(F)cccc1Cl. The van der Waals surface area contributed by atoms with Gasteiger partial charge in [-0.2, -0.15) is 0 Å². The molecule has 0 aliphatic carbocycles. The zero-order valence-electron chi connectivity index (χ0n) is 9.06. The molecule has 0 fully saturated rings. The molecule has 0 aliphatic rings. The van der Waals surface area contributed by atoms with Crippen molar-refractivity contribution >= 4 is 11.6 Å². The number of rotatable bonds is 4. The number of hydrogen-bond acceptors (Lipinski definition) is 1. The van der Waals surface area contributed by atoms with Gasteiger partial charge >= 0.3 is 0 Å². The summed E-state index contributed by atoms with van der Waals surface area (Å²) in [5, 5.41) is 9.35. The number of halogens is 2. The molecule has 0 saturated carbocycles.